The minimum Gasteiger partial charge on any atom is -0.428 e. The Kier molecular flexibility index (Phi) is 3.09. The maximum Gasteiger partial charge on any atom is 0.514 e. The van der Waals surface area contributed by atoms with Crippen molar-refractivity contribution in [2.75, 3.05) is 0 Å². The number of hydrogen-bond acceptors (Lipinski definition) is 3. The van der Waals surface area contributed by atoms with Crippen LogP contribution in [0.3, 0.4) is 0 Å². The van der Waals surface area contributed by atoms with Crippen LogP contribution in [0.2, 0.25) is 0 Å². The Bertz CT molecular complexity index is 430. The molecule has 0 spiro atoms. The third-order valence-electron chi connectivity index (χ3n) is 2.66. The lowest BCUT2D eigenvalue weighted by Crippen LogP contribution is -2.26. The van der Waals surface area contributed by atoms with E-state index in [4.69, 9.17) is 9.47 Å². The largest absolute Gasteiger partial charge is 0.514 e. The molecule has 0 atom stereocenters. The van der Waals surface area contributed by atoms with Gasteiger partial charge in [-0.05, 0) is 63.3 Å². The van der Waals surface area contributed by atoms with E-state index < -0.39 is 11.8 Å². The number of fused-ring (bicyclic) bond motifs is 1. The SMILES string of the molecule is CC(C)(C)OC(=O)Oc1ccc2c(c1)CCC2. The van der Waals surface area contributed by atoms with E-state index in [2.05, 4.69) is 0 Å². The maximum atomic E-state index is 11.5. The van der Waals surface area contributed by atoms with Gasteiger partial charge in [0.25, 0.3) is 0 Å². The molecule has 0 heterocycles. The first-order valence-electron chi connectivity index (χ1n) is 5.97. The van der Waals surface area contributed by atoms with Gasteiger partial charge in [-0.3, -0.25) is 0 Å². The van der Waals surface area contributed by atoms with E-state index in [0.29, 0.717) is 5.75 Å². The molecule has 0 N–H and O–H groups in total. The Hall–Kier alpha value is -1.51. The molecule has 0 bridgehead atoms. The summed E-state index contributed by atoms with van der Waals surface area (Å²) < 4.78 is 10.3. The summed E-state index contributed by atoms with van der Waals surface area (Å²) in [6, 6.07) is 5.79. The molecule has 1 aromatic rings. The van der Waals surface area contributed by atoms with Gasteiger partial charge in [0.1, 0.15) is 11.4 Å². The van der Waals surface area contributed by atoms with Crippen molar-refractivity contribution in [3.05, 3.63) is 29.3 Å². The summed E-state index contributed by atoms with van der Waals surface area (Å²) in [6.07, 6.45) is 2.74. The summed E-state index contributed by atoms with van der Waals surface area (Å²) in [4.78, 5) is 11.5. The first-order valence-corrected chi connectivity index (χ1v) is 5.97. The maximum absolute atomic E-state index is 11.5. The average Bonchev–Trinajstić information content (AvgIpc) is 2.61. The number of benzene rings is 1. The van der Waals surface area contributed by atoms with Crippen molar-refractivity contribution in [2.24, 2.45) is 0 Å². The summed E-state index contributed by atoms with van der Waals surface area (Å²) in [5.41, 5.74) is 2.13. The third-order valence-corrected chi connectivity index (χ3v) is 2.66. The van der Waals surface area contributed by atoms with Crippen LogP contribution in [-0.4, -0.2) is 11.8 Å². The number of carbonyl (C=O) groups is 1. The lowest BCUT2D eigenvalue weighted by Gasteiger charge is -2.18. The standard InChI is InChI=1S/C14H18O3/c1-14(2,3)17-13(15)16-12-8-7-10-5-4-6-11(10)9-12/h7-9H,4-6H2,1-3H3. The molecule has 0 amide bonds. The summed E-state index contributed by atoms with van der Waals surface area (Å²) in [5, 5.41) is 0. The Balaban J connectivity index is 2.02. The normalized spacial score (nSPS) is 14.3. The second kappa shape index (κ2) is 4.40. The fourth-order valence-electron chi connectivity index (χ4n) is 1.98. The fourth-order valence-corrected chi connectivity index (χ4v) is 1.98. The van der Waals surface area contributed by atoms with E-state index in [1.165, 1.54) is 17.5 Å². The quantitative estimate of drug-likeness (QED) is 0.551. The molecule has 0 saturated carbocycles. The molecule has 0 saturated heterocycles. The van der Waals surface area contributed by atoms with Gasteiger partial charge in [0, 0.05) is 0 Å². The zero-order valence-electron chi connectivity index (χ0n) is 10.6. The van der Waals surface area contributed by atoms with Gasteiger partial charge in [0.05, 0.1) is 0 Å². The molecule has 1 aromatic carbocycles. The summed E-state index contributed by atoms with van der Waals surface area (Å²) in [7, 11) is 0. The van der Waals surface area contributed by atoms with Crippen molar-refractivity contribution in [1.82, 2.24) is 0 Å². The first-order chi connectivity index (χ1) is 7.94. The summed E-state index contributed by atoms with van der Waals surface area (Å²) in [5.74, 6) is 0.569. The number of ether oxygens (including phenoxy) is 2. The van der Waals surface area contributed by atoms with Gasteiger partial charge in [-0.1, -0.05) is 6.07 Å². The highest BCUT2D eigenvalue weighted by molar-refractivity contribution is 5.64. The molecular weight excluding hydrogens is 216 g/mol. The van der Waals surface area contributed by atoms with Crippen molar-refractivity contribution >= 4 is 6.16 Å². The molecule has 3 heteroatoms. The molecule has 0 radical (unpaired) electrons. The molecule has 0 aliphatic heterocycles. The van der Waals surface area contributed by atoms with Crippen molar-refractivity contribution in [1.29, 1.82) is 0 Å². The van der Waals surface area contributed by atoms with Crippen molar-refractivity contribution in [2.45, 2.75) is 45.6 Å². The van der Waals surface area contributed by atoms with Crippen LogP contribution < -0.4 is 4.74 Å². The van der Waals surface area contributed by atoms with Gasteiger partial charge in [0.2, 0.25) is 0 Å². The Morgan fingerprint density at radius 2 is 1.88 bits per heavy atom. The molecule has 0 aromatic heterocycles. The zero-order valence-corrected chi connectivity index (χ0v) is 10.6. The summed E-state index contributed by atoms with van der Waals surface area (Å²) >= 11 is 0. The van der Waals surface area contributed by atoms with Crippen LogP contribution in [0, 0.1) is 0 Å². The van der Waals surface area contributed by atoms with Crippen LogP contribution >= 0.6 is 0 Å². The predicted molar refractivity (Wildman–Crippen MR) is 65.3 cm³/mol. The Morgan fingerprint density at radius 1 is 1.18 bits per heavy atom. The monoisotopic (exact) mass is 234 g/mol. The highest BCUT2D eigenvalue weighted by Crippen LogP contribution is 2.26. The smallest absolute Gasteiger partial charge is 0.428 e. The second-order valence-electron chi connectivity index (χ2n) is 5.35. The molecule has 1 aliphatic rings. The average molecular weight is 234 g/mol. The second-order valence-corrected chi connectivity index (χ2v) is 5.35. The van der Waals surface area contributed by atoms with Gasteiger partial charge in [-0.15, -0.1) is 0 Å². The third kappa shape index (κ3) is 3.22. The minimum atomic E-state index is -0.643. The molecule has 0 fully saturated rings. The number of aryl methyl sites for hydroxylation is 2. The van der Waals surface area contributed by atoms with Crippen LogP contribution in [0.5, 0.6) is 5.75 Å². The molecule has 2 rings (SSSR count). The lowest BCUT2D eigenvalue weighted by atomic mass is 10.1. The van der Waals surface area contributed by atoms with Crippen LogP contribution in [-0.2, 0) is 17.6 Å². The van der Waals surface area contributed by atoms with E-state index in [1.54, 1.807) is 0 Å². The predicted octanol–water partition coefficient (Wildman–Crippen LogP) is 3.49. The lowest BCUT2D eigenvalue weighted by molar-refractivity contribution is 0.0206. The van der Waals surface area contributed by atoms with Crippen molar-refractivity contribution < 1.29 is 14.3 Å². The Labute approximate surface area is 102 Å². The highest BCUT2D eigenvalue weighted by atomic mass is 16.7. The van der Waals surface area contributed by atoms with Crippen LogP contribution in [0.4, 0.5) is 4.79 Å². The van der Waals surface area contributed by atoms with E-state index in [-0.39, 0.29) is 0 Å². The van der Waals surface area contributed by atoms with Crippen molar-refractivity contribution in [3.8, 4) is 5.75 Å². The molecule has 17 heavy (non-hydrogen) atoms. The van der Waals surface area contributed by atoms with E-state index >= 15 is 0 Å². The van der Waals surface area contributed by atoms with Gasteiger partial charge < -0.3 is 9.47 Å². The topological polar surface area (TPSA) is 35.5 Å². The van der Waals surface area contributed by atoms with E-state index in [9.17, 15) is 4.79 Å². The van der Waals surface area contributed by atoms with Gasteiger partial charge in [-0.2, -0.15) is 0 Å². The van der Waals surface area contributed by atoms with Crippen molar-refractivity contribution in [3.63, 3.8) is 0 Å². The zero-order chi connectivity index (χ0) is 12.5. The minimum absolute atomic E-state index is 0.520. The highest BCUT2D eigenvalue weighted by Gasteiger charge is 2.19. The Morgan fingerprint density at radius 3 is 2.59 bits per heavy atom. The number of hydrogen-bond donors (Lipinski definition) is 0. The van der Waals surface area contributed by atoms with E-state index in [1.807, 2.05) is 39.0 Å². The van der Waals surface area contributed by atoms with E-state index in [0.717, 1.165) is 12.8 Å². The fraction of sp³-hybridized carbons (Fsp3) is 0.500. The number of rotatable bonds is 1. The van der Waals surface area contributed by atoms with Gasteiger partial charge in [0.15, 0.2) is 0 Å². The number of carbonyl (C=O) groups excluding carboxylic acids is 1. The molecular formula is C14H18O3. The van der Waals surface area contributed by atoms with Crippen LogP contribution in [0.1, 0.15) is 38.3 Å². The van der Waals surface area contributed by atoms with Gasteiger partial charge in [-0.25, -0.2) is 4.79 Å². The first kappa shape index (κ1) is 12.0. The van der Waals surface area contributed by atoms with Crippen LogP contribution in [0.25, 0.3) is 0 Å². The van der Waals surface area contributed by atoms with Crippen LogP contribution in [0.15, 0.2) is 18.2 Å². The molecule has 3 nitrogen and oxygen atoms in total. The summed E-state index contributed by atoms with van der Waals surface area (Å²) in [6.45, 7) is 5.45. The van der Waals surface area contributed by atoms with Gasteiger partial charge >= 0.3 is 6.16 Å². The molecule has 0 unspecified atom stereocenters. The molecule has 1 aliphatic carbocycles. The molecule has 92 valence electrons.